The van der Waals surface area contributed by atoms with E-state index in [0.29, 0.717) is 60.7 Å². The number of likely N-dealkylation sites (tertiary alicyclic amines) is 1. The molecule has 0 radical (unpaired) electrons. The number of amides is 1. The van der Waals surface area contributed by atoms with Crippen molar-refractivity contribution in [2.75, 3.05) is 26.8 Å². The molecule has 4 rings (SSSR count). The zero-order valence-electron chi connectivity index (χ0n) is 18.1. The second-order valence-electron chi connectivity index (χ2n) is 7.85. The molecule has 0 N–H and O–H groups in total. The molecule has 32 heavy (non-hydrogen) atoms. The normalized spacial score (nSPS) is 16.7. The fraction of sp³-hybridized carbons (Fsp3) is 0.375. The van der Waals surface area contributed by atoms with Crippen LogP contribution >= 0.6 is 0 Å². The number of hydrogen-bond acceptors (Lipinski definition) is 7. The van der Waals surface area contributed by atoms with Crippen LogP contribution in [0.5, 0.6) is 17.2 Å². The third-order valence-corrected chi connectivity index (χ3v) is 5.82. The lowest BCUT2D eigenvalue weighted by molar-refractivity contribution is -0.00581. The molecule has 1 fully saturated rings. The smallest absolute Gasteiger partial charge is 0.497 e. The number of methoxy groups -OCH3 is 1. The molecule has 0 bridgehead atoms. The lowest BCUT2D eigenvalue weighted by atomic mass is 9.82. The summed E-state index contributed by atoms with van der Waals surface area (Å²) in [5, 5.41) is 0. The van der Waals surface area contributed by atoms with Crippen LogP contribution in [-0.2, 0) is 4.74 Å². The Morgan fingerprint density at radius 2 is 1.75 bits per heavy atom. The van der Waals surface area contributed by atoms with Gasteiger partial charge >= 0.3 is 6.16 Å². The van der Waals surface area contributed by atoms with Gasteiger partial charge in [-0.1, -0.05) is 0 Å². The molecule has 0 saturated carbocycles. The topological polar surface area (TPSA) is 91.4 Å². The monoisotopic (exact) mass is 439 g/mol. The highest BCUT2D eigenvalue weighted by atomic mass is 16.7. The van der Waals surface area contributed by atoms with Gasteiger partial charge in [0.15, 0.2) is 5.78 Å². The molecule has 168 valence electrons. The van der Waals surface area contributed by atoms with Crippen LogP contribution in [0.25, 0.3) is 0 Å². The molecule has 2 heterocycles. The first-order valence-electron chi connectivity index (χ1n) is 10.6. The summed E-state index contributed by atoms with van der Waals surface area (Å²) in [6, 6.07) is 11.6. The molecule has 2 aromatic rings. The molecular formula is C24H25NO7. The number of hydrogen-bond donors (Lipinski definition) is 0. The van der Waals surface area contributed by atoms with Crippen LogP contribution < -0.4 is 14.2 Å². The predicted octanol–water partition coefficient (Wildman–Crippen LogP) is 3.87. The SMILES string of the molecule is CCOC(=O)Oc1ccc(C(=O)N2CCC3(CC2)CC(=O)c2ccc(OC)cc2O3)cc1. The summed E-state index contributed by atoms with van der Waals surface area (Å²) in [5.74, 6) is 1.41. The molecule has 2 aliphatic rings. The van der Waals surface area contributed by atoms with Crippen molar-refractivity contribution in [3.8, 4) is 17.2 Å². The van der Waals surface area contributed by atoms with Crippen molar-refractivity contribution in [3.05, 3.63) is 53.6 Å². The lowest BCUT2D eigenvalue weighted by Gasteiger charge is -2.44. The number of rotatable bonds is 4. The first-order chi connectivity index (χ1) is 15.4. The van der Waals surface area contributed by atoms with Gasteiger partial charge in [-0.15, -0.1) is 0 Å². The maximum Gasteiger partial charge on any atom is 0.513 e. The van der Waals surface area contributed by atoms with Crippen LogP contribution in [0.15, 0.2) is 42.5 Å². The van der Waals surface area contributed by atoms with Gasteiger partial charge in [0.1, 0.15) is 22.8 Å². The number of carbonyl (C=O) groups excluding carboxylic acids is 3. The molecule has 2 aliphatic heterocycles. The summed E-state index contributed by atoms with van der Waals surface area (Å²) in [7, 11) is 1.57. The Balaban J connectivity index is 1.39. The number of ketones is 1. The Labute approximate surface area is 186 Å². The highest BCUT2D eigenvalue weighted by molar-refractivity contribution is 6.00. The highest BCUT2D eigenvalue weighted by Gasteiger charge is 2.43. The van der Waals surface area contributed by atoms with Crippen molar-refractivity contribution in [1.29, 1.82) is 0 Å². The number of carbonyl (C=O) groups is 3. The fourth-order valence-electron chi connectivity index (χ4n) is 4.09. The number of benzene rings is 2. The van der Waals surface area contributed by atoms with E-state index in [0.717, 1.165) is 0 Å². The fourth-order valence-corrected chi connectivity index (χ4v) is 4.09. The standard InChI is InChI=1S/C24H25NO7/c1-3-30-23(28)31-17-6-4-16(5-7-17)22(27)25-12-10-24(11-13-25)15-20(26)19-9-8-18(29-2)14-21(19)32-24/h4-9,14H,3,10-13,15H2,1-2H3. The summed E-state index contributed by atoms with van der Waals surface area (Å²) < 4.78 is 21.3. The lowest BCUT2D eigenvalue weighted by Crippen LogP contribution is -2.52. The molecule has 1 spiro atoms. The second kappa shape index (κ2) is 8.90. The molecule has 2 aromatic carbocycles. The summed E-state index contributed by atoms with van der Waals surface area (Å²) in [4.78, 5) is 38.8. The largest absolute Gasteiger partial charge is 0.513 e. The Morgan fingerprint density at radius 3 is 2.41 bits per heavy atom. The summed E-state index contributed by atoms with van der Waals surface area (Å²) in [6.45, 7) is 2.87. The quantitative estimate of drug-likeness (QED) is 0.527. The third-order valence-electron chi connectivity index (χ3n) is 5.82. The van der Waals surface area contributed by atoms with E-state index in [1.807, 2.05) is 0 Å². The van der Waals surface area contributed by atoms with Gasteiger partial charge in [0, 0.05) is 37.6 Å². The number of ether oxygens (including phenoxy) is 4. The van der Waals surface area contributed by atoms with E-state index in [-0.39, 0.29) is 18.3 Å². The maximum atomic E-state index is 12.9. The van der Waals surface area contributed by atoms with Crippen LogP contribution in [0.2, 0.25) is 0 Å². The van der Waals surface area contributed by atoms with Gasteiger partial charge in [-0.3, -0.25) is 9.59 Å². The minimum Gasteiger partial charge on any atom is -0.497 e. The van der Waals surface area contributed by atoms with E-state index >= 15 is 0 Å². The van der Waals surface area contributed by atoms with Crippen molar-refractivity contribution in [1.82, 2.24) is 4.90 Å². The Morgan fingerprint density at radius 1 is 1.06 bits per heavy atom. The van der Waals surface area contributed by atoms with Gasteiger partial charge in [-0.2, -0.15) is 0 Å². The van der Waals surface area contributed by atoms with E-state index in [1.54, 1.807) is 61.4 Å². The van der Waals surface area contributed by atoms with Gasteiger partial charge in [0.05, 0.1) is 25.7 Å². The van der Waals surface area contributed by atoms with E-state index < -0.39 is 11.8 Å². The average Bonchev–Trinajstić information content (AvgIpc) is 2.79. The minimum absolute atomic E-state index is 0.0471. The molecule has 8 heteroatoms. The van der Waals surface area contributed by atoms with E-state index in [9.17, 15) is 14.4 Å². The summed E-state index contributed by atoms with van der Waals surface area (Å²) in [6.07, 6.45) is 0.638. The molecule has 8 nitrogen and oxygen atoms in total. The van der Waals surface area contributed by atoms with Gasteiger partial charge < -0.3 is 23.8 Å². The third kappa shape index (κ3) is 4.39. The van der Waals surface area contributed by atoms with Crippen molar-refractivity contribution < 1.29 is 33.3 Å². The van der Waals surface area contributed by atoms with E-state index in [1.165, 1.54) is 0 Å². The van der Waals surface area contributed by atoms with Crippen molar-refractivity contribution >= 4 is 17.8 Å². The molecular weight excluding hydrogens is 414 g/mol. The van der Waals surface area contributed by atoms with Crippen molar-refractivity contribution in [2.24, 2.45) is 0 Å². The number of piperidine rings is 1. The van der Waals surface area contributed by atoms with Crippen LogP contribution in [0.3, 0.4) is 0 Å². The van der Waals surface area contributed by atoms with Gasteiger partial charge in [0.25, 0.3) is 5.91 Å². The highest BCUT2D eigenvalue weighted by Crippen LogP contribution is 2.41. The second-order valence-corrected chi connectivity index (χ2v) is 7.85. The Kier molecular flexibility index (Phi) is 6.03. The average molecular weight is 439 g/mol. The van der Waals surface area contributed by atoms with E-state index in [2.05, 4.69) is 0 Å². The van der Waals surface area contributed by atoms with Crippen LogP contribution in [0.4, 0.5) is 4.79 Å². The number of Topliss-reactive ketones (excluding diaryl/α,β-unsaturated/α-hetero) is 1. The number of fused-ring (bicyclic) bond motifs is 1. The van der Waals surface area contributed by atoms with E-state index in [4.69, 9.17) is 18.9 Å². The molecule has 0 unspecified atom stereocenters. The Bertz CT molecular complexity index is 1020. The van der Waals surface area contributed by atoms with Gasteiger partial charge in [-0.25, -0.2) is 4.79 Å². The first-order valence-corrected chi connectivity index (χ1v) is 10.6. The predicted molar refractivity (Wildman–Crippen MR) is 115 cm³/mol. The zero-order valence-corrected chi connectivity index (χ0v) is 18.1. The van der Waals surface area contributed by atoms with Crippen LogP contribution in [0.1, 0.15) is 46.9 Å². The van der Waals surface area contributed by atoms with Crippen molar-refractivity contribution in [2.45, 2.75) is 31.8 Å². The summed E-state index contributed by atoms with van der Waals surface area (Å²) >= 11 is 0. The van der Waals surface area contributed by atoms with Gasteiger partial charge in [0.2, 0.25) is 0 Å². The van der Waals surface area contributed by atoms with Crippen LogP contribution in [0, 0.1) is 0 Å². The molecule has 1 amide bonds. The Hall–Kier alpha value is -3.55. The summed E-state index contributed by atoms with van der Waals surface area (Å²) in [5.41, 5.74) is 0.456. The maximum absolute atomic E-state index is 12.9. The minimum atomic E-state index is -0.783. The van der Waals surface area contributed by atoms with Gasteiger partial charge in [-0.05, 0) is 43.3 Å². The molecule has 0 aromatic heterocycles. The van der Waals surface area contributed by atoms with Crippen molar-refractivity contribution in [3.63, 3.8) is 0 Å². The molecule has 0 aliphatic carbocycles. The first kappa shape index (κ1) is 21.7. The molecule has 1 saturated heterocycles. The van der Waals surface area contributed by atoms with Crippen LogP contribution in [-0.4, -0.2) is 55.2 Å². The zero-order chi connectivity index (χ0) is 22.7. The number of nitrogens with zero attached hydrogens (tertiary/aromatic N) is 1. The molecule has 0 atom stereocenters.